The molecule has 1 aliphatic rings. The molecule has 1 amide bonds. The first kappa shape index (κ1) is 22.2. The molecule has 0 radical (unpaired) electrons. The van der Waals surface area contributed by atoms with E-state index < -0.39 is 10.0 Å². The van der Waals surface area contributed by atoms with Gasteiger partial charge in [0.2, 0.25) is 0 Å². The van der Waals surface area contributed by atoms with Crippen LogP contribution < -0.4 is 24.2 Å². The maximum atomic E-state index is 13.0. The van der Waals surface area contributed by atoms with E-state index in [9.17, 15) is 13.2 Å². The van der Waals surface area contributed by atoms with Crippen molar-refractivity contribution >= 4 is 33.4 Å². The Hall–Kier alpha value is -3.98. The molecule has 33 heavy (non-hydrogen) atoms. The average Bonchev–Trinajstić information content (AvgIpc) is 2.84. The highest BCUT2D eigenvalue weighted by molar-refractivity contribution is 7.92. The van der Waals surface area contributed by atoms with Crippen molar-refractivity contribution < 1.29 is 27.4 Å². The van der Waals surface area contributed by atoms with Gasteiger partial charge in [-0.25, -0.2) is 8.42 Å². The smallest absolute Gasteiger partial charge is 0.265 e. The molecule has 2 N–H and O–H groups in total. The molecule has 0 aliphatic carbocycles. The molecule has 0 atom stereocenters. The predicted molar refractivity (Wildman–Crippen MR) is 125 cm³/mol. The van der Waals surface area contributed by atoms with Crippen LogP contribution in [0.25, 0.3) is 6.08 Å². The number of rotatable bonds is 7. The van der Waals surface area contributed by atoms with Crippen LogP contribution >= 0.6 is 0 Å². The summed E-state index contributed by atoms with van der Waals surface area (Å²) in [5.74, 6) is 1.06. The highest BCUT2D eigenvalue weighted by atomic mass is 32.2. The second-order valence-corrected chi connectivity index (χ2v) is 8.80. The number of sulfonamides is 1. The summed E-state index contributed by atoms with van der Waals surface area (Å²) in [5, 5.41) is 2.73. The fourth-order valence-electron chi connectivity index (χ4n) is 3.29. The van der Waals surface area contributed by atoms with Crippen LogP contribution in [0.15, 0.2) is 77.2 Å². The quantitative estimate of drug-likeness (QED) is 0.547. The fourth-order valence-corrected chi connectivity index (χ4v) is 4.55. The molecule has 1 heterocycles. The lowest BCUT2D eigenvalue weighted by Crippen LogP contribution is -2.21. The zero-order valence-corrected chi connectivity index (χ0v) is 18.8. The van der Waals surface area contributed by atoms with Gasteiger partial charge >= 0.3 is 0 Å². The average molecular weight is 467 g/mol. The van der Waals surface area contributed by atoms with E-state index in [-0.39, 0.29) is 23.2 Å². The minimum Gasteiger partial charge on any atom is -0.497 e. The topological polar surface area (TPSA) is 103 Å². The second-order valence-electron chi connectivity index (χ2n) is 7.15. The van der Waals surface area contributed by atoms with Gasteiger partial charge in [-0.3, -0.25) is 9.52 Å². The SMILES string of the molecule is COc1ccc(NS(=O)(=O)c2cc(NC(=O)C3=Cc4ccccc4OC3)ccc2OC)cc1. The van der Waals surface area contributed by atoms with Gasteiger partial charge in [-0.15, -0.1) is 0 Å². The molecule has 8 nitrogen and oxygen atoms in total. The summed E-state index contributed by atoms with van der Waals surface area (Å²) in [5.41, 5.74) is 1.88. The molecule has 9 heteroatoms. The van der Waals surface area contributed by atoms with Crippen molar-refractivity contribution in [2.45, 2.75) is 4.90 Å². The number of anilines is 2. The van der Waals surface area contributed by atoms with Crippen LogP contribution in [0.1, 0.15) is 5.56 Å². The van der Waals surface area contributed by atoms with E-state index in [0.717, 1.165) is 5.56 Å². The minimum atomic E-state index is -4.01. The summed E-state index contributed by atoms with van der Waals surface area (Å²) < 4.78 is 44.6. The van der Waals surface area contributed by atoms with Gasteiger partial charge in [-0.05, 0) is 54.6 Å². The van der Waals surface area contributed by atoms with Crippen molar-refractivity contribution in [2.75, 3.05) is 30.9 Å². The Morgan fingerprint density at radius 3 is 2.39 bits per heavy atom. The third-order valence-corrected chi connectivity index (χ3v) is 6.38. The number of ether oxygens (including phenoxy) is 3. The van der Waals surface area contributed by atoms with Crippen LogP contribution in [0, 0.1) is 0 Å². The second kappa shape index (κ2) is 9.25. The van der Waals surface area contributed by atoms with Crippen LogP contribution in [0.3, 0.4) is 0 Å². The Labute approximate surface area is 191 Å². The number of nitrogens with one attached hydrogen (secondary N) is 2. The molecule has 4 rings (SSSR count). The third kappa shape index (κ3) is 4.93. The fraction of sp³-hybridized carbons (Fsp3) is 0.125. The molecule has 0 unspecified atom stereocenters. The molecule has 0 aromatic heterocycles. The van der Waals surface area contributed by atoms with Gasteiger partial charge in [-0.2, -0.15) is 0 Å². The van der Waals surface area contributed by atoms with Crippen LogP contribution in [0.4, 0.5) is 11.4 Å². The summed E-state index contributed by atoms with van der Waals surface area (Å²) >= 11 is 0. The van der Waals surface area contributed by atoms with Gasteiger partial charge in [0.05, 0.1) is 19.8 Å². The molecule has 170 valence electrons. The standard InChI is InChI=1S/C24H22N2O6S/c1-30-20-10-7-18(8-11-20)26-33(28,29)23-14-19(9-12-22(23)31-2)25-24(27)17-13-16-5-3-4-6-21(16)32-15-17/h3-14,26H,15H2,1-2H3,(H,25,27). The van der Waals surface area contributed by atoms with E-state index >= 15 is 0 Å². The van der Waals surface area contributed by atoms with E-state index in [1.165, 1.54) is 26.4 Å². The van der Waals surface area contributed by atoms with Gasteiger partial charge in [-0.1, -0.05) is 18.2 Å². The van der Waals surface area contributed by atoms with Crippen LogP contribution in [-0.4, -0.2) is 35.2 Å². The number of benzene rings is 3. The summed E-state index contributed by atoms with van der Waals surface area (Å²) in [6.07, 6.45) is 1.75. The molecule has 3 aromatic rings. The van der Waals surface area contributed by atoms with Crippen molar-refractivity contribution in [3.05, 3.63) is 77.9 Å². The normalized spacial score (nSPS) is 12.6. The summed E-state index contributed by atoms with van der Waals surface area (Å²) in [7, 11) is -1.10. The molecule has 0 saturated carbocycles. The lowest BCUT2D eigenvalue weighted by Gasteiger charge is -2.18. The molecule has 0 bridgehead atoms. The molecule has 0 spiro atoms. The lowest BCUT2D eigenvalue weighted by molar-refractivity contribution is -0.113. The minimum absolute atomic E-state index is 0.113. The number of carbonyl (C=O) groups is 1. The van der Waals surface area contributed by atoms with Crippen molar-refractivity contribution in [3.63, 3.8) is 0 Å². The number of carbonyl (C=O) groups excluding carboxylic acids is 1. The van der Waals surface area contributed by atoms with Crippen LogP contribution in [-0.2, 0) is 14.8 Å². The molecule has 0 fully saturated rings. The van der Waals surface area contributed by atoms with Crippen LogP contribution in [0.5, 0.6) is 17.2 Å². The first-order chi connectivity index (χ1) is 15.9. The Bertz CT molecular complexity index is 1320. The van der Waals surface area contributed by atoms with E-state index in [1.807, 2.05) is 24.3 Å². The monoisotopic (exact) mass is 466 g/mol. The molecular weight excluding hydrogens is 444 g/mol. The van der Waals surface area contributed by atoms with Gasteiger partial charge in [0.15, 0.2) is 0 Å². The Morgan fingerprint density at radius 1 is 0.939 bits per heavy atom. The Morgan fingerprint density at radius 2 is 1.67 bits per heavy atom. The number of methoxy groups -OCH3 is 2. The first-order valence-electron chi connectivity index (χ1n) is 9.98. The van der Waals surface area contributed by atoms with Crippen molar-refractivity contribution in [2.24, 2.45) is 0 Å². The van der Waals surface area contributed by atoms with E-state index in [2.05, 4.69) is 10.0 Å². The zero-order chi connectivity index (χ0) is 23.4. The summed E-state index contributed by atoms with van der Waals surface area (Å²) in [6, 6.07) is 18.3. The van der Waals surface area contributed by atoms with Crippen molar-refractivity contribution in [3.8, 4) is 17.2 Å². The molecule has 0 saturated heterocycles. The van der Waals surface area contributed by atoms with Gasteiger partial charge in [0, 0.05) is 16.9 Å². The largest absolute Gasteiger partial charge is 0.497 e. The first-order valence-corrected chi connectivity index (χ1v) is 11.5. The van der Waals surface area contributed by atoms with Crippen LogP contribution in [0.2, 0.25) is 0 Å². The number of fused-ring (bicyclic) bond motifs is 1. The maximum Gasteiger partial charge on any atom is 0.265 e. The van der Waals surface area contributed by atoms with E-state index in [4.69, 9.17) is 14.2 Å². The van der Waals surface area contributed by atoms with E-state index in [0.29, 0.717) is 28.4 Å². The summed E-state index contributed by atoms with van der Waals surface area (Å²) in [4.78, 5) is 12.7. The highest BCUT2D eigenvalue weighted by Crippen LogP contribution is 2.30. The summed E-state index contributed by atoms with van der Waals surface area (Å²) in [6.45, 7) is 0.114. The van der Waals surface area contributed by atoms with Gasteiger partial charge in [0.25, 0.3) is 15.9 Å². The number of hydrogen-bond donors (Lipinski definition) is 2. The third-order valence-electron chi connectivity index (χ3n) is 4.98. The number of hydrogen-bond acceptors (Lipinski definition) is 6. The van der Waals surface area contributed by atoms with E-state index in [1.54, 1.807) is 36.4 Å². The zero-order valence-electron chi connectivity index (χ0n) is 18.0. The molecule has 1 aliphatic heterocycles. The Balaban J connectivity index is 1.57. The molecule has 3 aromatic carbocycles. The predicted octanol–water partition coefficient (Wildman–Crippen LogP) is 3.92. The molecular formula is C24H22N2O6S. The number of para-hydroxylation sites is 1. The highest BCUT2D eigenvalue weighted by Gasteiger charge is 2.22. The maximum absolute atomic E-state index is 13.0. The lowest BCUT2D eigenvalue weighted by atomic mass is 10.1. The van der Waals surface area contributed by atoms with Crippen molar-refractivity contribution in [1.29, 1.82) is 0 Å². The van der Waals surface area contributed by atoms with Crippen molar-refractivity contribution in [1.82, 2.24) is 0 Å². The van der Waals surface area contributed by atoms with Gasteiger partial charge < -0.3 is 19.5 Å². The number of amides is 1. The van der Waals surface area contributed by atoms with Gasteiger partial charge in [0.1, 0.15) is 28.8 Å². The Kier molecular flexibility index (Phi) is 6.23.